The average molecular weight is 142 g/mol. The zero-order valence-corrected chi connectivity index (χ0v) is 6.23. The van der Waals surface area contributed by atoms with Gasteiger partial charge in [-0.3, -0.25) is 0 Å². The summed E-state index contributed by atoms with van der Waals surface area (Å²) in [4.78, 5) is 0. The predicted octanol–water partition coefficient (Wildman–Crippen LogP) is 2.58. The Kier molecular flexibility index (Phi) is 4.29. The summed E-state index contributed by atoms with van der Waals surface area (Å²) < 4.78 is 16.3. The van der Waals surface area contributed by atoms with Crippen molar-refractivity contribution in [3.8, 4) is 0 Å². The van der Waals surface area contributed by atoms with Gasteiger partial charge in [0.2, 0.25) is 0 Å². The monoisotopic (exact) mass is 142 g/mol. The molecule has 0 unspecified atom stereocenters. The third kappa shape index (κ3) is 3.89. The molecule has 0 saturated heterocycles. The topological polar surface area (TPSA) is 9.23 Å². The van der Waals surface area contributed by atoms with E-state index < -0.39 is 0 Å². The molecular formula is C8H11FO. The molecule has 0 aromatic heterocycles. The molecule has 0 atom stereocenters. The molecule has 0 aliphatic carbocycles. The zero-order chi connectivity index (χ0) is 7.98. The van der Waals surface area contributed by atoms with E-state index in [4.69, 9.17) is 0 Å². The fourth-order valence-corrected chi connectivity index (χ4v) is 0.373. The Bertz CT molecular complexity index is 168. The van der Waals surface area contributed by atoms with Gasteiger partial charge in [0.05, 0.1) is 7.11 Å². The minimum Gasteiger partial charge on any atom is -0.494 e. The molecule has 0 radical (unpaired) electrons. The standard InChI is InChI=1S/C8H11FO/c1-7(2)4-5-8(6-9)10-3/h4-6H,1H2,2-3H3/b5-4-,8-6-. The van der Waals surface area contributed by atoms with Gasteiger partial charge in [-0.25, -0.2) is 4.39 Å². The lowest BCUT2D eigenvalue weighted by molar-refractivity contribution is 0.298. The number of rotatable bonds is 3. The first-order chi connectivity index (χ1) is 4.70. The second-order valence-electron chi connectivity index (χ2n) is 1.90. The number of halogens is 1. The van der Waals surface area contributed by atoms with Crippen molar-refractivity contribution < 1.29 is 9.13 Å². The maximum atomic E-state index is 11.7. The van der Waals surface area contributed by atoms with Crippen LogP contribution in [-0.2, 0) is 4.74 Å². The second kappa shape index (κ2) is 4.79. The van der Waals surface area contributed by atoms with Crippen LogP contribution in [0.3, 0.4) is 0 Å². The fraction of sp³-hybridized carbons (Fsp3) is 0.250. The summed E-state index contributed by atoms with van der Waals surface area (Å²) >= 11 is 0. The van der Waals surface area contributed by atoms with Crippen LogP contribution >= 0.6 is 0 Å². The molecule has 0 N–H and O–H groups in total. The SMILES string of the molecule is C=C(C)/C=C\C(=C\F)OC. The summed E-state index contributed by atoms with van der Waals surface area (Å²) in [6, 6.07) is 0. The third-order valence-corrected chi connectivity index (χ3v) is 0.875. The van der Waals surface area contributed by atoms with Crippen molar-refractivity contribution in [1.82, 2.24) is 0 Å². The van der Waals surface area contributed by atoms with E-state index >= 15 is 0 Å². The fourth-order valence-electron chi connectivity index (χ4n) is 0.373. The molecule has 0 amide bonds. The summed E-state index contributed by atoms with van der Waals surface area (Å²) in [5.41, 5.74) is 0.858. The van der Waals surface area contributed by atoms with E-state index in [2.05, 4.69) is 11.3 Å². The summed E-state index contributed by atoms with van der Waals surface area (Å²) in [5.74, 6) is 0.197. The van der Waals surface area contributed by atoms with Crippen LogP contribution in [0, 0.1) is 0 Å². The molecule has 0 saturated carbocycles. The first-order valence-electron chi connectivity index (χ1n) is 2.88. The van der Waals surface area contributed by atoms with Gasteiger partial charge < -0.3 is 4.74 Å². The average Bonchev–Trinajstić information content (AvgIpc) is 1.90. The molecule has 56 valence electrons. The van der Waals surface area contributed by atoms with Crippen molar-refractivity contribution in [2.45, 2.75) is 6.92 Å². The van der Waals surface area contributed by atoms with Gasteiger partial charge in [0, 0.05) is 0 Å². The van der Waals surface area contributed by atoms with Gasteiger partial charge in [-0.2, -0.15) is 0 Å². The van der Waals surface area contributed by atoms with Gasteiger partial charge in [-0.05, 0) is 13.0 Å². The molecule has 0 aromatic carbocycles. The zero-order valence-electron chi connectivity index (χ0n) is 6.23. The Balaban J connectivity index is 3.98. The maximum absolute atomic E-state index is 11.7. The van der Waals surface area contributed by atoms with Gasteiger partial charge in [0.1, 0.15) is 12.1 Å². The van der Waals surface area contributed by atoms with Gasteiger partial charge in [-0.1, -0.05) is 18.2 Å². The molecular weight excluding hydrogens is 131 g/mol. The van der Waals surface area contributed by atoms with Crippen LogP contribution in [0.5, 0.6) is 0 Å². The van der Waals surface area contributed by atoms with E-state index in [9.17, 15) is 4.39 Å². The van der Waals surface area contributed by atoms with Crippen molar-refractivity contribution in [2.75, 3.05) is 7.11 Å². The lowest BCUT2D eigenvalue weighted by atomic mass is 10.3. The molecule has 10 heavy (non-hydrogen) atoms. The summed E-state index contributed by atoms with van der Waals surface area (Å²) in [5, 5.41) is 0. The molecule has 0 fully saturated rings. The number of methoxy groups -OCH3 is 1. The van der Waals surface area contributed by atoms with Crippen molar-refractivity contribution in [3.63, 3.8) is 0 Å². The molecule has 0 aliphatic rings. The van der Waals surface area contributed by atoms with Crippen molar-refractivity contribution in [3.05, 3.63) is 36.4 Å². The van der Waals surface area contributed by atoms with E-state index in [-0.39, 0.29) is 5.76 Å². The van der Waals surface area contributed by atoms with Crippen LogP contribution in [0.1, 0.15) is 6.92 Å². The van der Waals surface area contributed by atoms with E-state index in [1.54, 1.807) is 6.08 Å². The van der Waals surface area contributed by atoms with Gasteiger partial charge in [0.25, 0.3) is 0 Å². The molecule has 0 aromatic rings. The van der Waals surface area contributed by atoms with E-state index in [0.29, 0.717) is 6.33 Å². The van der Waals surface area contributed by atoms with Gasteiger partial charge in [0.15, 0.2) is 0 Å². The van der Waals surface area contributed by atoms with Crippen molar-refractivity contribution in [2.24, 2.45) is 0 Å². The highest BCUT2D eigenvalue weighted by Gasteiger charge is 1.85. The normalized spacial score (nSPS) is 12.1. The number of hydrogen-bond donors (Lipinski definition) is 0. The van der Waals surface area contributed by atoms with E-state index in [0.717, 1.165) is 5.57 Å². The molecule has 1 nitrogen and oxygen atoms in total. The summed E-state index contributed by atoms with van der Waals surface area (Å²) in [6.45, 7) is 5.43. The number of allylic oxidation sites excluding steroid dienone is 3. The molecule has 0 aliphatic heterocycles. The minimum absolute atomic E-state index is 0.197. The van der Waals surface area contributed by atoms with Crippen LogP contribution < -0.4 is 0 Å². The highest BCUT2D eigenvalue weighted by Crippen LogP contribution is 2.00. The largest absolute Gasteiger partial charge is 0.494 e. The smallest absolute Gasteiger partial charge is 0.147 e. The molecule has 0 heterocycles. The Morgan fingerprint density at radius 2 is 2.10 bits per heavy atom. The first-order valence-corrected chi connectivity index (χ1v) is 2.88. The third-order valence-electron chi connectivity index (χ3n) is 0.875. The lowest BCUT2D eigenvalue weighted by Gasteiger charge is -1.94. The van der Waals surface area contributed by atoms with Crippen LogP contribution in [0.25, 0.3) is 0 Å². The van der Waals surface area contributed by atoms with E-state index in [1.807, 2.05) is 6.92 Å². The number of hydrogen-bond acceptors (Lipinski definition) is 1. The molecule has 0 rings (SSSR count). The van der Waals surface area contributed by atoms with Gasteiger partial charge in [-0.15, -0.1) is 0 Å². The summed E-state index contributed by atoms with van der Waals surface area (Å²) in [6.07, 6.45) is 3.59. The second-order valence-corrected chi connectivity index (χ2v) is 1.90. The maximum Gasteiger partial charge on any atom is 0.147 e. The minimum atomic E-state index is 0.197. The van der Waals surface area contributed by atoms with Crippen molar-refractivity contribution in [1.29, 1.82) is 0 Å². The lowest BCUT2D eigenvalue weighted by Crippen LogP contribution is -1.78. The van der Waals surface area contributed by atoms with E-state index in [1.165, 1.54) is 13.2 Å². The molecule has 0 bridgehead atoms. The van der Waals surface area contributed by atoms with Crippen molar-refractivity contribution >= 4 is 0 Å². The van der Waals surface area contributed by atoms with Crippen LogP contribution in [0.15, 0.2) is 36.4 Å². The quantitative estimate of drug-likeness (QED) is 0.434. The van der Waals surface area contributed by atoms with Crippen LogP contribution in [0.2, 0.25) is 0 Å². The molecule has 2 heteroatoms. The molecule has 0 spiro atoms. The van der Waals surface area contributed by atoms with Crippen LogP contribution in [-0.4, -0.2) is 7.11 Å². The first kappa shape index (κ1) is 8.95. The predicted molar refractivity (Wildman–Crippen MR) is 40.2 cm³/mol. The Morgan fingerprint density at radius 3 is 2.40 bits per heavy atom. The number of ether oxygens (including phenoxy) is 1. The van der Waals surface area contributed by atoms with Crippen LogP contribution in [0.4, 0.5) is 4.39 Å². The Morgan fingerprint density at radius 1 is 1.50 bits per heavy atom. The highest BCUT2D eigenvalue weighted by atomic mass is 19.1. The van der Waals surface area contributed by atoms with Gasteiger partial charge >= 0.3 is 0 Å². The Labute approximate surface area is 60.5 Å². The summed E-state index contributed by atoms with van der Waals surface area (Å²) in [7, 11) is 1.41. The highest BCUT2D eigenvalue weighted by molar-refractivity contribution is 5.19. The Hall–Kier alpha value is -1.05.